The van der Waals surface area contributed by atoms with Gasteiger partial charge in [0, 0.05) is 23.7 Å². The maximum Gasteiger partial charge on any atom is 0.224 e. The van der Waals surface area contributed by atoms with E-state index >= 15 is 0 Å². The van der Waals surface area contributed by atoms with E-state index < -0.39 is 0 Å². The minimum absolute atomic E-state index is 0.000538. The molecule has 0 aliphatic rings. The molecule has 1 amide bonds. The van der Waals surface area contributed by atoms with Crippen molar-refractivity contribution < 1.29 is 4.79 Å². The predicted molar refractivity (Wildman–Crippen MR) is 82.6 cm³/mol. The number of nitrogens with one attached hydrogen (secondary N) is 1. The Labute approximate surface area is 126 Å². The van der Waals surface area contributed by atoms with Crippen LogP contribution in [-0.4, -0.2) is 20.4 Å². The van der Waals surface area contributed by atoms with Crippen molar-refractivity contribution in [3.63, 3.8) is 0 Å². The molecule has 0 fully saturated rings. The second-order valence-corrected chi connectivity index (χ2v) is 5.53. The summed E-state index contributed by atoms with van der Waals surface area (Å²) >= 11 is 1.67. The number of hydrogen-bond donors (Lipinski definition) is 1. The van der Waals surface area contributed by atoms with Crippen LogP contribution >= 0.6 is 11.3 Å². The topological polar surface area (TPSA) is 59.8 Å². The highest BCUT2D eigenvalue weighted by molar-refractivity contribution is 7.09. The van der Waals surface area contributed by atoms with Crippen LogP contribution in [0.5, 0.6) is 0 Å². The van der Waals surface area contributed by atoms with Gasteiger partial charge in [-0.1, -0.05) is 6.07 Å². The Morgan fingerprint density at radius 3 is 2.95 bits per heavy atom. The van der Waals surface area contributed by atoms with Gasteiger partial charge < -0.3 is 5.32 Å². The van der Waals surface area contributed by atoms with Crippen LogP contribution in [0.2, 0.25) is 0 Å². The normalized spacial score (nSPS) is 10.5. The van der Waals surface area contributed by atoms with Crippen LogP contribution in [0.15, 0.2) is 54.6 Å². The first-order valence-electron chi connectivity index (χ1n) is 6.58. The number of amides is 1. The van der Waals surface area contributed by atoms with Gasteiger partial charge in [-0.3, -0.25) is 9.36 Å². The minimum Gasteiger partial charge on any atom is -0.325 e. The highest BCUT2D eigenvalue weighted by Crippen LogP contribution is 2.13. The van der Waals surface area contributed by atoms with E-state index in [0.29, 0.717) is 12.1 Å². The number of hydrogen-bond acceptors (Lipinski definition) is 4. The largest absolute Gasteiger partial charge is 0.325 e. The molecule has 3 aromatic rings. The van der Waals surface area contributed by atoms with Gasteiger partial charge in [0.15, 0.2) is 0 Å². The molecule has 6 heteroatoms. The zero-order valence-corrected chi connectivity index (χ0v) is 12.1. The quantitative estimate of drug-likeness (QED) is 0.788. The van der Waals surface area contributed by atoms with Crippen LogP contribution in [0.4, 0.5) is 5.69 Å². The molecular formula is C15H14N4OS. The molecule has 21 heavy (non-hydrogen) atoms. The van der Waals surface area contributed by atoms with Gasteiger partial charge in [0.2, 0.25) is 5.91 Å². The molecule has 0 aliphatic carbocycles. The number of aromatic nitrogens is 3. The van der Waals surface area contributed by atoms with Crippen LogP contribution < -0.4 is 5.32 Å². The summed E-state index contributed by atoms with van der Waals surface area (Å²) in [5.74, 6) is 0.768. The average Bonchev–Trinajstić information content (AvgIpc) is 3.19. The summed E-state index contributed by atoms with van der Waals surface area (Å²) in [6, 6.07) is 7.72. The lowest BCUT2D eigenvalue weighted by Gasteiger charge is -2.06. The average molecular weight is 298 g/mol. The molecule has 106 valence electrons. The summed E-state index contributed by atoms with van der Waals surface area (Å²) in [5, 5.41) is 4.87. The van der Waals surface area contributed by atoms with E-state index in [-0.39, 0.29) is 5.91 Å². The maximum absolute atomic E-state index is 11.9. The zero-order chi connectivity index (χ0) is 14.5. The molecule has 3 aromatic heterocycles. The van der Waals surface area contributed by atoms with Gasteiger partial charge in [-0.25, -0.2) is 9.97 Å². The summed E-state index contributed by atoms with van der Waals surface area (Å²) in [5.41, 5.74) is 0.704. The second-order valence-electron chi connectivity index (χ2n) is 4.50. The molecule has 0 radical (unpaired) electrons. The number of thiophene rings is 1. The Kier molecular flexibility index (Phi) is 4.07. The fourth-order valence-electron chi connectivity index (χ4n) is 1.92. The monoisotopic (exact) mass is 298 g/mol. The second kappa shape index (κ2) is 6.32. The van der Waals surface area contributed by atoms with E-state index in [2.05, 4.69) is 15.3 Å². The maximum atomic E-state index is 11.9. The lowest BCUT2D eigenvalue weighted by molar-refractivity contribution is -0.116. The summed E-state index contributed by atoms with van der Waals surface area (Å²) < 4.78 is 1.81. The molecule has 0 unspecified atom stereocenters. The van der Waals surface area contributed by atoms with Gasteiger partial charge in [0.1, 0.15) is 12.1 Å². The molecule has 3 heterocycles. The standard InChI is InChI=1S/C15H14N4OS/c20-15(6-4-13-2-1-9-21-13)18-12-3-5-14(17-10-12)19-8-7-16-11-19/h1-3,5,7-11H,4,6H2,(H,18,20). The van der Waals surface area contributed by atoms with Gasteiger partial charge >= 0.3 is 0 Å². The summed E-state index contributed by atoms with van der Waals surface area (Å²) in [6.45, 7) is 0. The SMILES string of the molecule is O=C(CCc1cccs1)Nc1ccc(-n2ccnc2)nc1. The van der Waals surface area contributed by atoms with E-state index in [4.69, 9.17) is 0 Å². The van der Waals surface area contributed by atoms with Crippen molar-refractivity contribution in [3.05, 3.63) is 59.4 Å². The molecule has 0 saturated carbocycles. The third-order valence-corrected chi connectivity index (χ3v) is 3.92. The Bertz CT molecular complexity index is 690. The summed E-state index contributed by atoms with van der Waals surface area (Å²) in [4.78, 5) is 21.4. The molecule has 0 spiro atoms. The van der Waals surface area contributed by atoms with Crippen molar-refractivity contribution in [3.8, 4) is 5.82 Å². The van der Waals surface area contributed by atoms with E-state index in [1.54, 1.807) is 30.1 Å². The number of anilines is 1. The van der Waals surface area contributed by atoms with Crippen LogP contribution in [0, 0.1) is 0 Å². The fourth-order valence-corrected chi connectivity index (χ4v) is 2.63. The van der Waals surface area contributed by atoms with Crippen molar-refractivity contribution in [1.82, 2.24) is 14.5 Å². The van der Waals surface area contributed by atoms with Crippen LogP contribution in [0.1, 0.15) is 11.3 Å². The number of pyridine rings is 1. The van der Waals surface area contributed by atoms with E-state index in [9.17, 15) is 4.79 Å². The smallest absolute Gasteiger partial charge is 0.224 e. The first-order chi connectivity index (χ1) is 10.3. The summed E-state index contributed by atoms with van der Waals surface area (Å²) in [6.07, 6.45) is 8.09. The first-order valence-corrected chi connectivity index (χ1v) is 7.46. The number of carbonyl (C=O) groups is 1. The van der Waals surface area contributed by atoms with Crippen LogP contribution in [0.25, 0.3) is 5.82 Å². The van der Waals surface area contributed by atoms with Crippen molar-refractivity contribution in [2.45, 2.75) is 12.8 Å². The Balaban J connectivity index is 1.56. The molecule has 0 saturated heterocycles. The third kappa shape index (κ3) is 3.55. The van der Waals surface area contributed by atoms with Crippen molar-refractivity contribution in [1.29, 1.82) is 0 Å². The lowest BCUT2D eigenvalue weighted by atomic mass is 10.2. The lowest BCUT2D eigenvalue weighted by Crippen LogP contribution is -2.12. The van der Waals surface area contributed by atoms with Gasteiger partial charge in [0.05, 0.1) is 11.9 Å². The number of rotatable bonds is 5. The number of imidazole rings is 1. The van der Waals surface area contributed by atoms with Crippen molar-refractivity contribution in [2.75, 3.05) is 5.32 Å². The predicted octanol–water partition coefficient (Wildman–Crippen LogP) is 2.90. The van der Waals surface area contributed by atoms with Crippen LogP contribution in [0.3, 0.4) is 0 Å². The Hall–Kier alpha value is -2.47. The highest BCUT2D eigenvalue weighted by Gasteiger charge is 2.05. The van der Waals surface area contributed by atoms with E-state index in [0.717, 1.165) is 12.2 Å². The summed E-state index contributed by atoms with van der Waals surface area (Å²) in [7, 11) is 0. The van der Waals surface area contributed by atoms with Gasteiger partial charge in [-0.15, -0.1) is 11.3 Å². The molecular weight excluding hydrogens is 284 g/mol. The van der Waals surface area contributed by atoms with Crippen molar-refractivity contribution in [2.24, 2.45) is 0 Å². The molecule has 1 N–H and O–H groups in total. The number of carbonyl (C=O) groups excluding carboxylic acids is 1. The Morgan fingerprint density at radius 1 is 1.33 bits per heavy atom. The number of nitrogens with zero attached hydrogens (tertiary/aromatic N) is 3. The third-order valence-electron chi connectivity index (χ3n) is 2.98. The Morgan fingerprint density at radius 2 is 2.29 bits per heavy atom. The number of aryl methyl sites for hydroxylation is 1. The molecule has 3 rings (SSSR count). The highest BCUT2D eigenvalue weighted by atomic mass is 32.1. The van der Waals surface area contributed by atoms with Gasteiger partial charge in [0.25, 0.3) is 0 Å². The van der Waals surface area contributed by atoms with E-state index in [1.165, 1.54) is 4.88 Å². The van der Waals surface area contributed by atoms with Crippen LogP contribution in [-0.2, 0) is 11.2 Å². The van der Waals surface area contributed by atoms with Crippen molar-refractivity contribution >= 4 is 22.9 Å². The molecule has 0 aliphatic heterocycles. The first kappa shape index (κ1) is 13.5. The van der Waals surface area contributed by atoms with Gasteiger partial charge in [-0.2, -0.15) is 0 Å². The molecule has 0 bridgehead atoms. The zero-order valence-electron chi connectivity index (χ0n) is 11.3. The molecule has 0 atom stereocenters. The minimum atomic E-state index is 0.000538. The van der Waals surface area contributed by atoms with E-state index in [1.807, 2.05) is 40.4 Å². The molecule has 0 aromatic carbocycles. The fraction of sp³-hybridized carbons (Fsp3) is 0.133. The van der Waals surface area contributed by atoms with Gasteiger partial charge in [-0.05, 0) is 30.0 Å². The molecule has 5 nitrogen and oxygen atoms in total.